The van der Waals surface area contributed by atoms with Gasteiger partial charge in [-0.15, -0.1) is 0 Å². The Morgan fingerprint density at radius 2 is 1.80 bits per heavy atom. The second kappa shape index (κ2) is 8.75. The van der Waals surface area contributed by atoms with E-state index in [4.69, 9.17) is 25.7 Å². The standard InChI is InChI=1S/C6H12ClN3O4S/c7-15(11,12)6-5-14-4-3-13-2-1-9-10-8/h1-6H2. The first-order valence-corrected chi connectivity index (χ1v) is 6.63. The number of ether oxygens (including phenoxy) is 2. The molecule has 0 radical (unpaired) electrons. The Bertz CT molecular complexity index is 301. The average Bonchev–Trinajstić information content (AvgIpc) is 2.14. The molecular weight excluding hydrogens is 246 g/mol. The van der Waals surface area contributed by atoms with Crippen molar-refractivity contribution in [3.05, 3.63) is 10.4 Å². The third kappa shape index (κ3) is 13.5. The van der Waals surface area contributed by atoms with Crippen molar-refractivity contribution in [2.24, 2.45) is 5.11 Å². The van der Waals surface area contributed by atoms with Gasteiger partial charge in [0.15, 0.2) is 0 Å². The van der Waals surface area contributed by atoms with Crippen LogP contribution in [-0.4, -0.2) is 47.1 Å². The Labute approximate surface area is 92.4 Å². The van der Waals surface area contributed by atoms with Gasteiger partial charge in [-0.05, 0) is 5.53 Å². The normalized spacial score (nSPS) is 11.0. The summed E-state index contributed by atoms with van der Waals surface area (Å²) in [6, 6.07) is 0. The minimum absolute atomic E-state index is 0.0472. The van der Waals surface area contributed by atoms with Crippen LogP contribution >= 0.6 is 10.7 Å². The van der Waals surface area contributed by atoms with Gasteiger partial charge in [0.25, 0.3) is 0 Å². The second-order valence-electron chi connectivity index (χ2n) is 2.42. The molecule has 7 nitrogen and oxygen atoms in total. The molecule has 0 aromatic rings. The topological polar surface area (TPSA) is 101 Å². The largest absolute Gasteiger partial charge is 0.379 e. The minimum atomic E-state index is -3.48. The van der Waals surface area contributed by atoms with E-state index in [0.717, 1.165) is 0 Å². The third-order valence-electron chi connectivity index (χ3n) is 1.24. The van der Waals surface area contributed by atoms with E-state index in [1.807, 2.05) is 0 Å². The van der Waals surface area contributed by atoms with Crippen LogP contribution in [0.4, 0.5) is 0 Å². The summed E-state index contributed by atoms with van der Waals surface area (Å²) in [5, 5.41) is 3.26. The first-order valence-electron chi connectivity index (χ1n) is 4.15. The lowest BCUT2D eigenvalue weighted by atomic mass is 10.7. The smallest absolute Gasteiger partial charge is 0.234 e. The van der Waals surface area contributed by atoms with E-state index >= 15 is 0 Å². The van der Waals surface area contributed by atoms with E-state index in [0.29, 0.717) is 13.2 Å². The molecule has 0 spiro atoms. The molecule has 0 saturated carbocycles. The molecule has 0 amide bonds. The summed E-state index contributed by atoms with van der Waals surface area (Å²) in [6.07, 6.45) is 0. The molecule has 0 unspecified atom stereocenters. The van der Waals surface area contributed by atoms with E-state index in [1.54, 1.807) is 0 Å². The molecule has 0 rings (SSSR count). The molecule has 0 aromatic carbocycles. The van der Waals surface area contributed by atoms with Crippen LogP contribution in [0.25, 0.3) is 10.4 Å². The molecule has 0 aliphatic rings. The Balaban J connectivity index is 3.15. The number of nitrogens with zero attached hydrogens (tertiary/aromatic N) is 3. The Morgan fingerprint density at radius 1 is 1.20 bits per heavy atom. The van der Waals surface area contributed by atoms with Crippen LogP contribution < -0.4 is 0 Å². The van der Waals surface area contributed by atoms with Gasteiger partial charge in [0.05, 0.1) is 32.2 Å². The van der Waals surface area contributed by atoms with Gasteiger partial charge in [-0.25, -0.2) is 8.42 Å². The summed E-state index contributed by atoms with van der Waals surface area (Å²) >= 11 is 0. The van der Waals surface area contributed by atoms with Gasteiger partial charge >= 0.3 is 0 Å². The van der Waals surface area contributed by atoms with Crippen molar-refractivity contribution in [2.45, 2.75) is 0 Å². The predicted molar refractivity (Wildman–Crippen MR) is 55.3 cm³/mol. The monoisotopic (exact) mass is 257 g/mol. The molecule has 88 valence electrons. The maximum absolute atomic E-state index is 10.4. The summed E-state index contributed by atoms with van der Waals surface area (Å²) in [5.74, 6) is -0.215. The molecule has 9 heteroatoms. The van der Waals surface area contributed by atoms with E-state index < -0.39 is 9.05 Å². The minimum Gasteiger partial charge on any atom is -0.379 e. The molecule has 15 heavy (non-hydrogen) atoms. The van der Waals surface area contributed by atoms with Crippen molar-refractivity contribution in [3.8, 4) is 0 Å². The first-order chi connectivity index (χ1) is 7.06. The van der Waals surface area contributed by atoms with Crippen molar-refractivity contribution in [2.75, 3.05) is 38.7 Å². The Hall–Kier alpha value is -0.530. The lowest BCUT2D eigenvalue weighted by molar-refractivity contribution is 0.0568. The summed E-state index contributed by atoms with van der Waals surface area (Å²) in [4.78, 5) is 2.54. The molecule has 0 aromatic heterocycles. The van der Waals surface area contributed by atoms with Crippen LogP contribution in [-0.2, 0) is 18.5 Å². The fourth-order valence-electron chi connectivity index (χ4n) is 0.631. The molecule has 0 atom stereocenters. The van der Waals surface area contributed by atoms with E-state index in [9.17, 15) is 8.42 Å². The van der Waals surface area contributed by atoms with E-state index in [1.165, 1.54) is 0 Å². The van der Waals surface area contributed by atoms with E-state index in [2.05, 4.69) is 10.0 Å². The number of hydrogen-bond donors (Lipinski definition) is 0. The van der Waals surface area contributed by atoms with Crippen LogP contribution in [0.15, 0.2) is 5.11 Å². The lowest BCUT2D eigenvalue weighted by Crippen LogP contribution is -2.11. The van der Waals surface area contributed by atoms with Gasteiger partial charge in [-0.3, -0.25) is 0 Å². The molecule has 0 fully saturated rings. The van der Waals surface area contributed by atoms with Crippen molar-refractivity contribution in [1.82, 2.24) is 0 Å². The van der Waals surface area contributed by atoms with Gasteiger partial charge in [0.1, 0.15) is 0 Å². The van der Waals surface area contributed by atoms with Crippen LogP contribution in [0.3, 0.4) is 0 Å². The highest BCUT2D eigenvalue weighted by Crippen LogP contribution is 1.95. The molecule has 0 heterocycles. The van der Waals surface area contributed by atoms with Crippen LogP contribution in [0, 0.1) is 0 Å². The van der Waals surface area contributed by atoms with Crippen LogP contribution in [0.5, 0.6) is 0 Å². The number of rotatable bonds is 9. The molecule has 0 saturated heterocycles. The quantitative estimate of drug-likeness (QED) is 0.201. The second-order valence-corrected chi connectivity index (χ2v) is 5.32. The zero-order chi connectivity index (χ0) is 11.6. The first kappa shape index (κ1) is 14.5. The summed E-state index contributed by atoms with van der Waals surface area (Å²) in [6.45, 7) is 1.24. The van der Waals surface area contributed by atoms with Gasteiger partial charge in [0.2, 0.25) is 9.05 Å². The van der Waals surface area contributed by atoms with Crippen molar-refractivity contribution < 1.29 is 17.9 Å². The average molecular weight is 258 g/mol. The van der Waals surface area contributed by atoms with Crippen molar-refractivity contribution >= 4 is 19.7 Å². The maximum Gasteiger partial charge on any atom is 0.234 e. The highest BCUT2D eigenvalue weighted by Gasteiger charge is 2.03. The summed E-state index contributed by atoms with van der Waals surface area (Å²) in [5.41, 5.74) is 7.92. The van der Waals surface area contributed by atoms with Crippen LogP contribution in [0.1, 0.15) is 0 Å². The number of azide groups is 1. The van der Waals surface area contributed by atoms with Gasteiger partial charge in [0, 0.05) is 22.1 Å². The highest BCUT2D eigenvalue weighted by atomic mass is 35.7. The summed E-state index contributed by atoms with van der Waals surface area (Å²) < 4.78 is 30.8. The molecule has 0 N–H and O–H groups in total. The predicted octanol–water partition coefficient (Wildman–Crippen LogP) is 0.899. The number of halogens is 1. The lowest BCUT2D eigenvalue weighted by Gasteiger charge is -2.03. The molecule has 0 bridgehead atoms. The molecule has 0 aliphatic heterocycles. The zero-order valence-corrected chi connectivity index (χ0v) is 9.58. The van der Waals surface area contributed by atoms with Gasteiger partial charge < -0.3 is 9.47 Å². The number of hydrogen-bond acceptors (Lipinski definition) is 5. The third-order valence-corrected chi connectivity index (χ3v) is 2.36. The molecule has 0 aliphatic carbocycles. The fraction of sp³-hybridized carbons (Fsp3) is 1.00. The van der Waals surface area contributed by atoms with Crippen LogP contribution in [0.2, 0.25) is 0 Å². The summed E-state index contributed by atoms with van der Waals surface area (Å²) in [7, 11) is 1.47. The molecular formula is C6H12ClN3O4S. The maximum atomic E-state index is 10.4. The zero-order valence-electron chi connectivity index (χ0n) is 8.00. The van der Waals surface area contributed by atoms with Crippen molar-refractivity contribution in [3.63, 3.8) is 0 Å². The Kier molecular flexibility index (Phi) is 8.44. The highest BCUT2D eigenvalue weighted by molar-refractivity contribution is 8.13. The van der Waals surface area contributed by atoms with E-state index in [-0.39, 0.29) is 25.5 Å². The van der Waals surface area contributed by atoms with Gasteiger partial charge in [-0.1, -0.05) is 5.11 Å². The fourth-order valence-corrected chi connectivity index (χ4v) is 1.14. The van der Waals surface area contributed by atoms with Crippen molar-refractivity contribution in [1.29, 1.82) is 0 Å². The Morgan fingerprint density at radius 3 is 2.33 bits per heavy atom. The SMILES string of the molecule is [N-]=[N+]=NCCOCCOCCS(=O)(=O)Cl. The van der Waals surface area contributed by atoms with Gasteiger partial charge in [-0.2, -0.15) is 0 Å².